The normalized spacial score (nSPS) is 12.1. The first-order valence-corrected chi connectivity index (χ1v) is 7.13. The van der Waals surface area contributed by atoms with E-state index in [1.807, 2.05) is 42.0 Å². The van der Waals surface area contributed by atoms with Crippen LogP contribution in [0.25, 0.3) is 0 Å². The maximum absolute atomic E-state index is 12.0. The van der Waals surface area contributed by atoms with Gasteiger partial charge in [-0.1, -0.05) is 19.1 Å². The van der Waals surface area contributed by atoms with Gasteiger partial charge in [-0.3, -0.25) is 4.79 Å². The molecule has 0 aliphatic carbocycles. The highest BCUT2D eigenvalue weighted by Crippen LogP contribution is 2.07. The Bertz CT molecular complexity index is 549. The summed E-state index contributed by atoms with van der Waals surface area (Å²) in [5.74, 6) is 0.202. The first-order valence-electron chi connectivity index (χ1n) is 7.13. The summed E-state index contributed by atoms with van der Waals surface area (Å²) in [5.41, 5.74) is 1.78. The zero-order valence-electron chi connectivity index (χ0n) is 12.2. The van der Waals surface area contributed by atoms with Crippen LogP contribution in [0, 0.1) is 5.92 Å². The van der Waals surface area contributed by atoms with Crippen LogP contribution in [0.5, 0.6) is 0 Å². The largest absolute Gasteiger partial charge is 0.396 e. The second kappa shape index (κ2) is 7.59. The van der Waals surface area contributed by atoms with Crippen LogP contribution in [0.3, 0.4) is 0 Å². The van der Waals surface area contributed by atoms with E-state index in [2.05, 4.69) is 10.3 Å². The summed E-state index contributed by atoms with van der Waals surface area (Å²) in [7, 11) is 0. The van der Waals surface area contributed by atoms with Gasteiger partial charge in [0.1, 0.15) is 0 Å². The molecule has 1 aromatic carbocycles. The topological polar surface area (TPSA) is 67.2 Å². The van der Waals surface area contributed by atoms with E-state index in [0.717, 1.165) is 12.1 Å². The molecule has 21 heavy (non-hydrogen) atoms. The number of imidazole rings is 1. The van der Waals surface area contributed by atoms with E-state index in [9.17, 15) is 4.79 Å². The minimum atomic E-state index is -0.0750. The van der Waals surface area contributed by atoms with Gasteiger partial charge in [0.2, 0.25) is 0 Å². The lowest BCUT2D eigenvalue weighted by atomic mass is 10.1. The molecule has 1 heterocycles. The van der Waals surface area contributed by atoms with Gasteiger partial charge in [-0.15, -0.1) is 0 Å². The fourth-order valence-corrected chi connectivity index (χ4v) is 2.04. The van der Waals surface area contributed by atoms with Gasteiger partial charge in [-0.25, -0.2) is 4.98 Å². The Morgan fingerprint density at radius 3 is 2.76 bits per heavy atom. The molecule has 2 aromatic rings. The fourth-order valence-electron chi connectivity index (χ4n) is 2.04. The Kier molecular flexibility index (Phi) is 5.51. The molecule has 1 aromatic heterocycles. The third-order valence-corrected chi connectivity index (χ3v) is 3.37. The molecule has 2 N–H and O–H groups in total. The molecular weight excluding hydrogens is 266 g/mol. The zero-order valence-corrected chi connectivity index (χ0v) is 12.2. The van der Waals surface area contributed by atoms with E-state index < -0.39 is 0 Å². The van der Waals surface area contributed by atoms with E-state index in [4.69, 9.17) is 5.11 Å². The first-order chi connectivity index (χ1) is 10.2. The predicted molar refractivity (Wildman–Crippen MR) is 81.0 cm³/mol. The molecule has 1 atom stereocenters. The molecule has 0 spiro atoms. The Labute approximate surface area is 124 Å². The highest BCUT2D eigenvalue weighted by atomic mass is 16.3. The number of hydrogen-bond acceptors (Lipinski definition) is 3. The van der Waals surface area contributed by atoms with Crippen LogP contribution in [0.2, 0.25) is 0 Å². The summed E-state index contributed by atoms with van der Waals surface area (Å²) in [6.45, 7) is 3.48. The lowest BCUT2D eigenvalue weighted by molar-refractivity contribution is 0.0945. The van der Waals surface area contributed by atoms with Gasteiger partial charge in [-0.05, 0) is 30.0 Å². The molecule has 0 fully saturated rings. The first kappa shape index (κ1) is 15.3. The van der Waals surface area contributed by atoms with E-state index in [0.29, 0.717) is 18.5 Å². The number of nitrogens with zero attached hydrogens (tertiary/aromatic N) is 2. The number of carbonyl (C=O) groups excluding carboxylic acids is 1. The van der Waals surface area contributed by atoms with Crippen molar-refractivity contribution in [1.29, 1.82) is 0 Å². The van der Waals surface area contributed by atoms with Gasteiger partial charge in [0.05, 0.1) is 6.33 Å². The van der Waals surface area contributed by atoms with Crippen molar-refractivity contribution in [2.24, 2.45) is 5.92 Å². The van der Waals surface area contributed by atoms with Crippen LogP contribution >= 0.6 is 0 Å². The van der Waals surface area contributed by atoms with Gasteiger partial charge in [-0.2, -0.15) is 0 Å². The highest BCUT2D eigenvalue weighted by Gasteiger charge is 2.07. The number of aliphatic hydroxyl groups excluding tert-OH is 1. The van der Waals surface area contributed by atoms with Crippen LogP contribution < -0.4 is 5.32 Å². The number of aromatic nitrogens is 2. The predicted octanol–water partition coefficient (Wildman–Crippen LogP) is 1.68. The second-order valence-electron chi connectivity index (χ2n) is 5.26. The minimum Gasteiger partial charge on any atom is -0.396 e. The molecule has 5 nitrogen and oxygen atoms in total. The Morgan fingerprint density at radius 1 is 1.38 bits per heavy atom. The number of hydrogen-bond donors (Lipinski definition) is 2. The molecule has 112 valence electrons. The molecule has 0 radical (unpaired) electrons. The third-order valence-electron chi connectivity index (χ3n) is 3.37. The number of benzene rings is 1. The van der Waals surface area contributed by atoms with E-state index in [1.54, 1.807) is 12.5 Å². The zero-order chi connectivity index (χ0) is 15.1. The quantitative estimate of drug-likeness (QED) is 0.814. The molecular formula is C16H21N3O2. The Morgan fingerprint density at radius 2 is 2.14 bits per heavy atom. The van der Waals surface area contributed by atoms with Crippen molar-refractivity contribution in [2.75, 3.05) is 13.2 Å². The van der Waals surface area contributed by atoms with Crippen molar-refractivity contribution < 1.29 is 9.90 Å². The third kappa shape index (κ3) is 4.72. The van der Waals surface area contributed by atoms with Crippen LogP contribution in [0.15, 0.2) is 43.0 Å². The van der Waals surface area contributed by atoms with Crippen LogP contribution in [-0.4, -0.2) is 33.7 Å². The standard InChI is InChI=1S/C16H21N3O2/c1-13(6-9-20)10-18-16(21)15-4-2-14(3-5-15)11-19-8-7-17-12-19/h2-5,7-8,12-13,20H,6,9-11H2,1H3,(H,18,21). The number of nitrogens with one attached hydrogen (secondary N) is 1. The summed E-state index contributed by atoms with van der Waals surface area (Å²) < 4.78 is 1.98. The SMILES string of the molecule is CC(CCO)CNC(=O)c1ccc(Cn2ccnc2)cc1. The summed E-state index contributed by atoms with van der Waals surface area (Å²) in [6, 6.07) is 7.56. The van der Waals surface area contributed by atoms with Crippen molar-refractivity contribution in [3.63, 3.8) is 0 Å². The maximum Gasteiger partial charge on any atom is 0.251 e. The lowest BCUT2D eigenvalue weighted by Gasteiger charge is -2.11. The number of carbonyl (C=O) groups is 1. The lowest BCUT2D eigenvalue weighted by Crippen LogP contribution is -2.28. The summed E-state index contributed by atoms with van der Waals surface area (Å²) in [6.07, 6.45) is 6.12. The molecule has 0 aliphatic heterocycles. The molecule has 2 rings (SSSR count). The van der Waals surface area contributed by atoms with E-state index in [-0.39, 0.29) is 18.4 Å². The fraction of sp³-hybridized carbons (Fsp3) is 0.375. The van der Waals surface area contributed by atoms with Gasteiger partial charge in [0.15, 0.2) is 0 Å². The van der Waals surface area contributed by atoms with Crippen LogP contribution in [0.4, 0.5) is 0 Å². The van der Waals surface area contributed by atoms with Crippen molar-refractivity contribution in [3.8, 4) is 0 Å². The summed E-state index contributed by atoms with van der Waals surface area (Å²) in [4.78, 5) is 16.0. The van der Waals surface area contributed by atoms with E-state index >= 15 is 0 Å². The van der Waals surface area contributed by atoms with Gasteiger partial charge >= 0.3 is 0 Å². The molecule has 5 heteroatoms. The molecule has 0 saturated heterocycles. The average Bonchev–Trinajstić information content (AvgIpc) is 2.99. The summed E-state index contributed by atoms with van der Waals surface area (Å²) in [5, 5.41) is 11.7. The second-order valence-corrected chi connectivity index (χ2v) is 5.26. The average molecular weight is 287 g/mol. The van der Waals surface area contributed by atoms with Crippen molar-refractivity contribution in [1.82, 2.24) is 14.9 Å². The molecule has 1 amide bonds. The maximum atomic E-state index is 12.0. The van der Waals surface area contributed by atoms with Gasteiger partial charge in [0, 0.05) is 37.7 Å². The number of rotatable bonds is 7. The van der Waals surface area contributed by atoms with Crippen LogP contribution in [0.1, 0.15) is 29.3 Å². The highest BCUT2D eigenvalue weighted by molar-refractivity contribution is 5.94. The van der Waals surface area contributed by atoms with Gasteiger partial charge in [0.25, 0.3) is 5.91 Å². The van der Waals surface area contributed by atoms with E-state index in [1.165, 1.54) is 0 Å². The monoisotopic (exact) mass is 287 g/mol. The summed E-state index contributed by atoms with van der Waals surface area (Å²) >= 11 is 0. The smallest absolute Gasteiger partial charge is 0.251 e. The Hall–Kier alpha value is -2.14. The minimum absolute atomic E-state index is 0.0750. The van der Waals surface area contributed by atoms with Crippen molar-refractivity contribution in [2.45, 2.75) is 19.9 Å². The molecule has 0 bridgehead atoms. The number of aliphatic hydroxyl groups is 1. The molecule has 0 aliphatic rings. The molecule has 0 saturated carbocycles. The van der Waals surface area contributed by atoms with Crippen molar-refractivity contribution >= 4 is 5.91 Å². The molecule has 1 unspecified atom stereocenters. The van der Waals surface area contributed by atoms with Crippen LogP contribution in [-0.2, 0) is 6.54 Å². The number of amides is 1. The van der Waals surface area contributed by atoms with Gasteiger partial charge < -0.3 is 15.0 Å². The van der Waals surface area contributed by atoms with Crippen molar-refractivity contribution in [3.05, 3.63) is 54.1 Å². The Balaban J connectivity index is 1.87.